The van der Waals surface area contributed by atoms with Crippen molar-refractivity contribution in [3.63, 3.8) is 0 Å². The summed E-state index contributed by atoms with van der Waals surface area (Å²) in [6, 6.07) is 6.23. The van der Waals surface area contributed by atoms with E-state index in [9.17, 15) is 4.79 Å². The molecule has 2 fully saturated rings. The molecular formula is C22H32N2O2. The fourth-order valence-corrected chi connectivity index (χ4v) is 4.88. The molecule has 1 saturated carbocycles. The van der Waals surface area contributed by atoms with Crippen LogP contribution in [0.4, 0.5) is 5.69 Å². The van der Waals surface area contributed by atoms with Crippen molar-refractivity contribution in [3.05, 3.63) is 23.8 Å². The summed E-state index contributed by atoms with van der Waals surface area (Å²) in [4.78, 5) is 12.9. The van der Waals surface area contributed by atoms with Crippen LogP contribution in [0.25, 0.3) is 0 Å². The highest BCUT2D eigenvalue weighted by atomic mass is 16.5. The van der Waals surface area contributed by atoms with Gasteiger partial charge in [0.1, 0.15) is 11.5 Å². The second-order valence-corrected chi connectivity index (χ2v) is 8.27. The molecule has 4 heteroatoms. The number of anilines is 1. The molecular weight excluding hydrogens is 324 g/mol. The average molecular weight is 357 g/mol. The number of nitrogens with one attached hydrogen (secondary N) is 2. The Morgan fingerprint density at radius 2 is 2.00 bits per heavy atom. The van der Waals surface area contributed by atoms with Crippen LogP contribution in [-0.2, 0) is 4.79 Å². The molecule has 2 unspecified atom stereocenters. The van der Waals surface area contributed by atoms with Crippen LogP contribution < -0.4 is 15.4 Å². The van der Waals surface area contributed by atoms with Gasteiger partial charge in [-0.3, -0.25) is 4.79 Å². The van der Waals surface area contributed by atoms with Crippen molar-refractivity contribution >= 4 is 11.5 Å². The molecule has 1 aliphatic carbocycles. The Bertz CT molecular complexity index is 619. The van der Waals surface area contributed by atoms with Gasteiger partial charge in [-0.15, -0.1) is 0 Å². The average Bonchev–Trinajstić information content (AvgIpc) is 3.35. The van der Waals surface area contributed by atoms with Crippen LogP contribution >= 0.6 is 0 Å². The Hall–Kier alpha value is -1.55. The van der Waals surface area contributed by atoms with E-state index in [0.717, 1.165) is 61.9 Å². The summed E-state index contributed by atoms with van der Waals surface area (Å²) in [5, 5.41) is 6.89. The second-order valence-electron chi connectivity index (χ2n) is 8.27. The van der Waals surface area contributed by atoms with Crippen LogP contribution in [0.1, 0.15) is 62.8 Å². The largest absolute Gasteiger partial charge is 0.494 e. The van der Waals surface area contributed by atoms with E-state index in [4.69, 9.17) is 4.74 Å². The number of piperidine rings is 1. The zero-order valence-corrected chi connectivity index (χ0v) is 15.8. The van der Waals surface area contributed by atoms with E-state index in [1.807, 2.05) is 6.07 Å². The van der Waals surface area contributed by atoms with Gasteiger partial charge in [0.05, 0.1) is 12.5 Å². The van der Waals surface area contributed by atoms with Gasteiger partial charge in [-0.25, -0.2) is 0 Å². The smallest absolute Gasteiger partial charge is 0.145 e. The van der Waals surface area contributed by atoms with Crippen molar-refractivity contribution in [2.24, 2.45) is 11.8 Å². The third-order valence-electron chi connectivity index (χ3n) is 6.42. The first-order valence-electron chi connectivity index (χ1n) is 10.6. The van der Waals surface area contributed by atoms with Crippen molar-refractivity contribution in [3.8, 4) is 5.75 Å². The number of carbonyl (C=O) groups is 1. The SMILES string of the molecule is O=C(C1CCCC1)C1CNc2ccc(OCCCC3CCCNC3)cc21. The zero-order valence-electron chi connectivity index (χ0n) is 15.8. The monoisotopic (exact) mass is 356 g/mol. The molecule has 1 aromatic carbocycles. The Kier molecular flexibility index (Phi) is 5.78. The van der Waals surface area contributed by atoms with Crippen molar-refractivity contribution in [2.45, 2.75) is 57.3 Å². The number of ether oxygens (including phenoxy) is 1. The lowest BCUT2D eigenvalue weighted by molar-refractivity contribution is -0.123. The van der Waals surface area contributed by atoms with E-state index in [-0.39, 0.29) is 11.8 Å². The predicted molar refractivity (Wildman–Crippen MR) is 105 cm³/mol. The number of fused-ring (bicyclic) bond motifs is 1. The second kappa shape index (κ2) is 8.43. The molecule has 1 aromatic rings. The molecule has 2 atom stereocenters. The molecule has 0 radical (unpaired) electrons. The van der Waals surface area contributed by atoms with Gasteiger partial charge < -0.3 is 15.4 Å². The van der Waals surface area contributed by atoms with Gasteiger partial charge in [-0.2, -0.15) is 0 Å². The highest BCUT2D eigenvalue weighted by Gasteiger charge is 2.34. The highest BCUT2D eigenvalue weighted by molar-refractivity contribution is 5.92. The third-order valence-corrected chi connectivity index (χ3v) is 6.42. The number of carbonyl (C=O) groups excluding carboxylic acids is 1. The molecule has 2 heterocycles. The first kappa shape index (κ1) is 17.8. The fraction of sp³-hybridized carbons (Fsp3) is 0.682. The van der Waals surface area contributed by atoms with Gasteiger partial charge in [-0.05, 0) is 81.3 Å². The molecule has 0 bridgehead atoms. The summed E-state index contributed by atoms with van der Waals surface area (Å²) in [7, 11) is 0. The molecule has 0 amide bonds. The van der Waals surface area contributed by atoms with E-state index in [0.29, 0.717) is 5.78 Å². The van der Waals surface area contributed by atoms with Crippen LogP contribution in [0.3, 0.4) is 0 Å². The molecule has 142 valence electrons. The lowest BCUT2D eigenvalue weighted by Gasteiger charge is -2.22. The first-order valence-corrected chi connectivity index (χ1v) is 10.6. The van der Waals surface area contributed by atoms with Crippen LogP contribution in [0.5, 0.6) is 5.75 Å². The standard InChI is InChI=1S/C22H32N2O2/c25-22(17-7-1-2-8-17)20-15-24-21-10-9-18(13-19(20)21)26-12-4-6-16-5-3-11-23-14-16/h9-10,13,16-17,20,23-24H,1-8,11-12,14-15H2. The Morgan fingerprint density at radius 3 is 2.81 bits per heavy atom. The molecule has 26 heavy (non-hydrogen) atoms. The summed E-state index contributed by atoms with van der Waals surface area (Å²) in [6.07, 6.45) is 9.58. The fourth-order valence-electron chi connectivity index (χ4n) is 4.88. The summed E-state index contributed by atoms with van der Waals surface area (Å²) in [5.74, 6) is 2.46. The van der Waals surface area contributed by atoms with Crippen molar-refractivity contribution < 1.29 is 9.53 Å². The number of Topliss-reactive ketones (excluding diaryl/α,β-unsaturated/α-hetero) is 1. The number of hydrogen-bond donors (Lipinski definition) is 2. The molecule has 2 N–H and O–H groups in total. The summed E-state index contributed by atoms with van der Waals surface area (Å²) in [5.41, 5.74) is 2.26. The highest BCUT2D eigenvalue weighted by Crippen LogP contribution is 2.39. The zero-order chi connectivity index (χ0) is 17.8. The molecule has 0 spiro atoms. The van der Waals surface area contributed by atoms with E-state index in [2.05, 4.69) is 22.8 Å². The Labute approximate surface area is 157 Å². The van der Waals surface area contributed by atoms with Gasteiger partial charge in [0.15, 0.2) is 0 Å². The Morgan fingerprint density at radius 1 is 1.12 bits per heavy atom. The normalized spacial score (nSPS) is 25.7. The first-order chi connectivity index (χ1) is 12.8. The van der Waals surface area contributed by atoms with Gasteiger partial charge >= 0.3 is 0 Å². The van der Waals surface area contributed by atoms with Gasteiger partial charge in [0.2, 0.25) is 0 Å². The van der Waals surface area contributed by atoms with Crippen LogP contribution in [0.2, 0.25) is 0 Å². The molecule has 4 rings (SSSR count). The molecule has 0 aromatic heterocycles. The summed E-state index contributed by atoms with van der Waals surface area (Å²) < 4.78 is 6.02. The minimum Gasteiger partial charge on any atom is -0.494 e. The topological polar surface area (TPSA) is 50.4 Å². The number of hydrogen-bond acceptors (Lipinski definition) is 4. The lowest BCUT2D eigenvalue weighted by Crippen LogP contribution is -2.29. The van der Waals surface area contributed by atoms with E-state index in [1.54, 1.807) is 0 Å². The predicted octanol–water partition coefficient (Wildman–Crippen LogP) is 4.11. The van der Waals surface area contributed by atoms with Gasteiger partial charge in [-0.1, -0.05) is 12.8 Å². The Balaban J connectivity index is 1.31. The van der Waals surface area contributed by atoms with Crippen molar-refractivity contribution in [1.82, 2.24) is 5.32 Å². The van der Waals surface area contributed by atoms with Crippen LogP contribution in [0.15, 0.2) is 18.2 Å². The van der Waals surface area contributed by atoms with Gasteiger partial charge in [0.25, 0.3) is 0 Å². The number of benzene rings is 1. The van der Waals surface area contributed by atoms with Crippen LogP contribution in [0, 0.1) is 11.8 Å². The number of ketones is 1. The van der Waals surface area contributed by atoms with E-state index >= 15 is 0 Å². The maximum absolute atomic E-state index is 12.9. The minimum atomic E-state index is 0.0185. The van der Waals surface area contributed by atoms with E-state index < -0.39 is 0 Å². The minimum absolute atomic E-state index is 0.0185. The van der Waals surface area contributed by atoms with Crippen molar-refractivity contribution in [1.29, 1.82) is 0 Å². The maximum Gasteiger partial charge on any atom is 0.145 e. The van der Waals surface area contributed by atoms with Crippen LogP contribution in [-0.4, -0.2) is 32.0 Å². The van der Waals surface area contributed by atoms with E-state index in [1.165, 1.54) is 38.6 Å². The molecule has 2 aliphatic heterocycles. The summed E-state index contributed by atoms with van der Waals surface area (Å²) in [6.45, 7) is 3.86. The third kappa shape index (κ3) is 4.06. The lowest BCUT2D eigenvalue weighted by atomic mass is 9.88. The molecule has 4 nitrogen and oxygen atoms in total. The van der Waals surface area contributed by atoms with Gasteiger partial charge in [0, 0.05) is 18.2 Å². The van der Waals surface area contributed by atoms with Crippen molar-refractivity contribution in [2.75, 3.05) is 31.6 Å². The molecule has 1 saturated heterocycles. The summed E-state index contributed by atoms with van der Waals surface area (Å²) >= 11 is 0. The molecule has 3 aliphatic rings. The quantitative estimate of drug-likeness (QED) is 0.722. The number of rotatable bonds is 7. The maximum atomic E-state index is 12.9.